The van der Waals surface area contributed by atoms with Gasteiger partial charge in [0.1, 0.15) is 12.6 Å². The number of ether oxygens (including phenoxy) is 1. The average Bonchev–Trinajstić information content (AvgIpc) is 2.75. The molecule has 2 N–H and O–H groups in total. The standard InChI is InChI=1S/C14H23N3O/c1-10(2)11-5-4-6-13(7-11)17(3)8-12-9-18-14(15)16-12/h5,7,10,12H,4,6,8-9H2,1-3H3,(H2,15,16)/t12-/m0/s1. The third-order valence-electron chi connectivity index (χ3n) is 3.49. The molecule has 1 atom stereocenters. The van der Waals surface area contributed by atoms with Gasteiger partial charge in [-0.1, -0.05) is 19.9 Å². The van der Waals surface area contributed by atoms with Crippen molar-refractivity contribution in [1.82, 2.24) is 4.90 Å². The predicted octanol–water partition coefficient (Wildman–Crippen LogP) is 1.89. The third-order valence-corrected chi connectivity index (χ3v) is 3.49. The lowest BCUT2D eigenvalue weighted by atomic mass is 9.95. The maximum absolute atomic E-state index is 5.53. The van der Waals surface area contributed by atoms with E-state index in [1.54, 1.807) is 0 Å². The number of rotatable bonds is 4. The fourth-order valence-corrected chi connectivity index (χ4v) is 2.38. The molecule has 2 rings (SSSR count). The van der Waals surface area contributed by atoms with E-state index < -0.39 is 0 Å². The number of nitrogens with zero attached hydrogens (tertiary/aromatic N) is 2. The molecule has 0 fully saturated rings. The second-order valence-electron chi connectivity index (χ2n) is 5.35. The number of hydrogen-bond donors (Lipinski definition) is 1. The maximum atomic E-state index is 5.53. The third kappa shape index (κ3) is 3.06. The fraction of sp³-hybridized carbons (Fsp3) is 0.643. The van der Waals surface area contributed by atoms with Gasteiger partial charge in [-0.2, -0.15) is 0 Å². The first kappa shape index (κ1) is 13.0. The minimum Gasteiger partial charge on any atom is -0.463 e. The summed E-state index contributed by atoms with van der Waals surface area (Å²) >= 11 is 0. The van der Waals surface area contributed by atoms with Crippen LogP contribution in [0.25, 0.3) is 0 Å². The molecule has 1 aliphatic carbocycles. The molecule has 0 aromatic heterocycles. The summed E-state index contributed by atoms with van der Waals surface area (Å²) < 4.78 is 5.18. The Morgan fingerprint density at radius 2 is 2.33 bits per heavy atom. The first-order valence-electron chi connectivity index (χ1n) is 6.64. The topological polar surface area (TPSA) is 50.9 Å². The Labute approximate surface area is 109 Å². The summed E-state index contributed by atoms with van der Waals surface area (Å²) in [5, 5.41) is 0. The Bertz CT molecular complexity index is 396. The van der Waals surface area contributed by atoms with Crippen molar-refractivity contribution < 1.29 is 4.74 Å². The highest BCUT2D eigenvalue weighted by Crippen LogP contribution is 2.24. The highest BCUT2D eigenvalue weighted by atomic mass is 16.5. The van der Waals surface area contributed by atoms with E-state index in [0.717, 1.165) is 19.4 Å². The second-order valence-corrected chi connectivity index (χ2v) is 5.35. The van der Waals surface area contributed by atoms with Crippen LogP contribution in [0.3, 0.4) is 0 Å². The van der Waals surface area contributed by atoms with Crippen LogP contribution in [0.5, 0.6) is 0 Å². The number of allylic oxidation sites excluding steroid dienone is 4. The van der Waals surface area contributed by atoms with Gasteiger partial charge in [-0.05, 0) is 30.4 Å². The Kier molecular flexibility index (Phi) is 3.94. The van der Waals surface area contributed by atoms with Crippen LogP contribution in [0, 0.1) is 5.92 Å². The second kappa shape index (κ2) is 5.46. The summed E-state index contributed by atoms with van der Waals surface area (Å²) in [6, 6.07) is 0.498. The number of likely N-dealkylation sites (N-methyl/N-ethyl adjacent to an activating group) is 1. The Morgan fingerprint density at radius 3 is 2.94 bits per heavy atom. The van der Waals surface area contributed by atoms with Gasteiger partial charge < -0.3 is 15.4 Å². The van der Waals surface area contributed by atoms with Gasteiger partial charge in [0, 0.05) is 19.3 Å². The molecule has 1 heterocycles. The van der Waals surface area contributed by atoms with E-state index in [1.807, 2.05) is 0 Å². The lowest BCUT2D eigenvalue weighted by Crippen LogP contribution is -2.29. The number of hydrogen-bond acceptors (Lipinski definition) is 4. The highest BCUT2D eigenvalue weighted by molar-refractivity contribution is 5.73. The molecule has 0 amide bonds. The van der Waals surface area contributed by atoms with E-state index in [4.69, 9.17) is 10.5 Å². The highest BCUT2D eigenvalue weighted by Gasteiger charge is 2.20. The van der Waals surface area contributed by atoms with Crippen molar-refractivity contribution in [2.75, 3.05) is 20.2 Å². The van der Waals surface area contributed by atoms with Crippen molar-refractivity contribution in [3.63, 3.8) is 0 Å². The van der Waals surface area contributed by atoms with Crippen molar-refractivity contribution in [3.05, 3.63) is 23.4 Å². The van der Waals surface area contributed by atoms with Gasteiger partial charge >= 0.3 is 0 Å². The summed E-state index contributed by atoms with van der Waals surface area (Å²) in [6.07, 6.45) is 6.91. The summed E-state index contributed by atoms with van der Waals surface area (Å²) in [4.78, 5) is 6.55. The van der Waals surface area contributed by atoms with Gasteiger partial charge in [0.15, 0.2) is 0 Å². The molecule has 4 heteroatoms. The van der Waals surface area contributed by atoms with Crippen molar-refractivity contribution >= 4 is 6.02 Å². The molecule has 0 saturated heterocycles. The van der Waals surface area contributed by atoms with E-state index in [0.29, 0.717) is 18.5 Å². The molecule has 1 aliphatic heterocycles. The summed E-state index contributed by atoms with van der Waals surface area (Å²) in [6.45, 7) is 5.95. The van der Waals surface area contributed by atoms with Crippen LogP contribution < -0.4 is 5.73 Å². The van der Waals surface area contributed by atoms with Crippen LogP contribution in [-0.4, -0.2) is 37.2 Å². The van der Waals surface area contributed by atoms with Gasteiger partial charge in [0.25, 0.3) is 6.02 Å². The quantitative estimate of drug-likeness (QED) is 0.828. The minimum absolute atomic E-state index is 0.171. The summed E-state index contributed by atoms with van der Waals surface area (Å²) in [5.74, 6) is 0.595. The normalized spacial score (nSPS) is 23.3. The molecule has 100 valence electrons. The van der Waals surface area contributed by atoms with Crippen LogP contribution in [0.15, 0.2) is 28.4 Å². The molecular formula is C14H23N3O. The molecule has 0 unspecified atom stereocenters. The van der Waals surface area contributed by atoms with E-state index in [9.17, 15) is 0 Å². The smallest absolute Gasteiger partial charge is 0.282 e. The van der Waals surface area contributed by atoms with Crippen LogP contribution in [0.2, 0.25) is 0 Å². The molecular weight excluding hydrogens is 226 g/mol. The largest absolute Gasteiger partial charge is 0.463 e. The van der Waals surface area contributed by atoms with E-state index in [1.165, 1.54) is 11.3 Å². The molecule has 4 nitrogen and oxygen atoms in total. The molecule has 0 spiro atoms. The minimum atomic E-state index is 0.171. The number of aliphatic imine (C=N–C) groups is 1. The van der Waals surface area contributed by atoms with Crippen LogP contribution >= 0.6 is 0 Å². The van der Waals surface area contributed by atoms with Crippen molar-refractivity contribution in [1.29, 1.82) is 0 Å². The molecule has 0 aromatic rings. The van der Waals surface area contributed by atoms with E-state index in [-0.39, 0.29) is 6.04 Å². The monoisotopic (exact) mass is 249 g/mol. The van der Waals surface area contributed by atoms with Crippen molar-refractivity contribution in [2.24, 2.45) is 16.6 Å². The summed E-state index contributed by atoms with van der Waals surface area (Å²) in [5.41, 5.74) is 8.36. The summed E-state index contributed by atoms with van der Waals surface area (Å²) in [7, 11) is 2.12. The molecule has 18 heavy (non-hydrogen) atoms. The zero-order chi connectivity index (χ0) is 13.1. The van der Waals surface area contributed by atoms with Gasteiger partial charge in [0.2, 0.25) is 0 Å². The maximum Gasteiger partial charge on any atom is 0.282 e. The van der Waals surface area contributed by atoms with Crippen molar-refractivity contribution in [3.8, 4) is 0 Å². The number of amidine groups is 1. The Hall–Kier alpha value is -1.45. The first-order valence-corrected chi connectivity index (χ1v) is 6.64. The van der Waals surface area contributed by atoms with Crippen LogP contribution in [-0.2, 0) is 4.74 Å². The van der Waals surface area contributed by atoms with Crippen molar-refractivity contribution in [2.45, 2.75) is 32.7 Å². The SMILES string of the molecule is CC(C)C1=CCCC(N(C)C[C@H]2COC(N)=N2)=C1. The van der Waals surface area contributed by atoms with Gasteiger partial charge in [0.05, 0.1) is 0 Å². The first-order chi connectivity index (χ1) is 8.56. The zero-order valence-electron chi connectivity index (χ0n) is 11.5. The Morgan fingerprint density at radius 1 is 1.56 bits per heavy atom. The molecule has 0 radical (unpaired) electrons. The van der Waals surface area contributed by atoms with Gasteiger partial charge in [-0.3, -0.25) is 0 Å². The van der Waals surface area contributed by atoms with Gasteiger partial charge in [-0.15, -0.1) is 0 Å². The molecule has 0 saturated carbocycles. The molecule has 2 aliphatic rings. The lowest BCUT2D eigenvalue weighted by molar-refractivity contribution is 0.279. The fourth-order valence-electron chi connectivity index (χ4n) is 2.38. The molecule has 0 aromatic carbocycles. The van der Waals surface area contributed by atoms with E-state index >= 15 is 0 Å². The average molecular weight is 249 g/mol. The predicted molar refractivity (Wildman–Crippen MR) is 74.2 cm³/mol. The van der Waals surface area contributed by atoms with Gasteiger partial charge in [-0.25, -0.2) is 4.99 Å². The van der Waals surface area contributed by atoms with E-state index in [2.05, 4.69) is 42.9 Å². The lowest BCUT2D eigenvalue weighted by Gasteiger charge is -2.27. The van der Waals surface area contributed by atoms with Crippen LogP contribution in [0.1, 0.15) is 26.7 Å². The Balaban J connectivity index is 1.97. The number of nitrogens with two attached hydrogens (primary N) is 1. The zero-order valence-corrected chi connectivity index (χ0v) is 11.5. The van der Waals surface area contributed by atoms with Crippen LogP contribution in [0.4, 0.5) is 0 Å². The molecule has 0 bridgehead atoms.